The van der Waals surface area contributed by atoms with Crippen LogP contribution in [0, 0.1) is 5.92 Å². The van der Waals surface area contributed by atoms with Crippen LogP contribution in [0.5, 0.6) is 5.75 Å². The molecule has 0 saturated carbocycles. The SMILES string of the molecule is COc1ccc(N2CC(C(=O)N3CC(n4cc(Cn5nccn5)nn4)C3)CC2=O)cc1. The summed E-state index contributed by atoms with van der Waals surface area (Å²) in [5.41, 5.74) is 1.54. The molecule has 11 nitrogen and oxygen atoms in total. The zero-order valence-corrected chi connectivity index (χ0v) is 17.0. The number of hydrogen-bond donors (Lipinski definition) is 0. The van der Waals surface area contributed by atoms with E-state index in [1.165, 1.54) is 4.80 Å². The predicted molar refractivity (Wildman–Crippen MR) is 108 cm³/mol. The molecule has 1 unspecified atom stereocenters. The van der Waals surface area contributed by atoms with Gasteiger partial charge >= 0.3 is 0 Å². The van der Waals surface area contributed by atoms with Crippen molar-refractivity contribution in [2.75, 3.05) is 31.6 Å². The topological polar surface area (TPSA) is 111 Å². The maximum atomic E-state index is 12.9. The largest absolute Gasteiger partial charge is 0.497 e. The molecule has 2 aliphatic rings. The maximum Gasteiger partial charge on any atom is 0.228 e. The Hall–Kier alpha value is -3.76. The van der Waals surface area contributed by atoms with E-state index >= 15 is 0 Å². The number of benzene rings is 1. The molecule has 2 aromatic heterocycles. The highest BCUT2D eigenvalue weighted by atomic mass is 16.5. The number of carbonyl (C=O) groups is 2. The number of carbonyl (C=O) groups excluding carboxylic acids is 2. The number of amides is 2. The summed E-state index contributed by atoms with van der Waals surface area (Å²) < 4.78 is 6.95. The molecule has 160 valence electrons. The minimum absolute atomic E-state index is 0.0155. The minimum Gasteiger partial charge on any atom is -0.497 e. The Bertz CT molecular complexity index is 1070. The van der Waals surface area contributed by atoms with Crippen LogP contribution in [0.3, 0.4) is 0 Å². The van der Waals surface area contributed by atoms with Gasteiger partial charge in [-0.25, -0.2) is 4.68 Å². The van der Waals surface area contributed by atoms with Crippen molar-refractivity contribution in [3.63, 3.8) is 0 Å². The summed E-state index contributed by atoms with van der Waals surface area (Å²) in [5.74, 6) is 0.384. The average molecular weight is 422 g/mol. The van der Waals surface area contributed by atoms with E-state index in [0.29, 0.717) is 26.2 Å². The molecule has 0 aliphatic carbocycles. The number of ether oxygens (including phenoxy) is 1. The zero-order valence-electron chi connectivity index (χ0n) is 17.0. The molecule has 3 aromatic rings. The summed E-state index contributed by atoms with van der Waals surface area (Å²) in [4.78, 5) is 30.4. The molecule has 11 heteroatoms. The van der Waals surface area contributed by atoms with E-state index in [-0.39, 0.29) is 30.2 Å². The maximum absolute atomic E-state index is 12.9. The Balaban J connectivity index is 1.16. The van der Waals surface area contributed by atoms with E-state index < -0.39 is 0 Å². The molecule has 2 aliphatic heterocycles. The summed E-state index contributed by atoms with van der Waals surface area (Å²) in [7, 11) is 1.60. The number of rotatable bonds is 6. The molecule has 0 spiro atoms. The molecule has 2 amide bonds. The highest BCUT2D eigenvalue weighted by molar-refractivity contribution is 6.00. The second-order valence-electron chi connectivity index (χ2n) is 7.75. The first-order valence-corrected chi connectivity index (χ1v) is 10.1. The number of likely N-dealkylation sites (tertiary alicyclic amines) is 1. The van der Waals surface area contributed by atoms with Crippen molar-refractivity contribution in [1.82, 2.24) is 34.9 Å². The van der Waals surface area contributed by atoms with Crippen molar-refractivity contribution in [2.24, 2.45) is 5.92 Å². The van der Waals surface area contributed by atoms with Gasteiger partial charge in [0.05, 0.1) is 37.7 Å². The van der Waals surface area contributed by atoms with Gasteiger partial charge in [0.2, 0.25) is 11.8 Å². The summed E-state index contributed by atoms with van der Waals surface area (Å²) in [6.45, 7) is 1.98. The van der Waals surface area contributed by atoms with Gasteiger partial charge < -0.3 is 14.5 Å². The number of nitrogens with zero attached hydrogens (tertiary/aromatic N) is 8. The third-order valence-corrected chi connectivity index (χ3v) is 5.73. The van der Waals surface area contributed by atoms with Crippen LogP contribution >= 0.6 is 0 Å². The number of methoxy groups -OCH3 is 1. The Kier molecular flexibility index (Phi) is 4.85. The lowest BCUT2D eigenvalue weighted by molar-refractivity contribution is -0.141. The average Bonchev–Trinajstić information content (AvgIpc) is 3.49. The van der Waals surface area contributed by atoms with E-state index in [4.69, 9.17) is 4.74 Å². The Morgan fingerprint density at radius 3 is 2.58 bits per heavy atom. The first kappa shape index (κ1) is 19.2. The zero-order chi connectivity index (χ0) is 21.4. The monoisotopic (exact) mass is 422 g/mol. The molecule has 1 atom stereocenters. The van der Waals surface area contributed by atoms with Crippen LogP contribution in [0.25, 0.3) is 0 Å². The van der Waals surface area contributed by atoms with E-state index in [1.807, 2.05) is 30.5 Å². The van der Waals surface area contributed by atoms with Gasteiger partial charge in [0.25, 0.3) is 0 Å². The number of hydrogen-bond acceptors (Lipinski definition) is 7. The second-order valence-corrected chi connectivity index (χ2v) is 7.75. The normalized spacial score (nSPS) is 19.0. The number of aromatic nitrogens is 6. The van der Waals surface area contributed by atoms with Gasteiger partial charge in [0.15, 0.2) is 0 Å². The molecular formula is C20H22N8O3. The molecule has 0 bridgehead atoms. The molecule has 5 rings (SSSR count). The number of anilines is 1. The first-order valence-electron chi connectivity index (χ1n) is 10.1. The highest BCUT2D eigenvalue weighted by Gasteiger charge is 2.41. The van der Waals surface area contributed by atoms with E-state index in [0.717, 1.165) is 17.1 Å². The first-order chi connectivity index (χ1) is 15.1. The Morgan fingerprint density at radius 2 is 1.87 bits per heavy atom. The van der Waals surface area contributed by atoms with Gasteiger partial charge in [-0.3, -0.25) is 9.59 Å². The van der Waals surface area contributed by atoms with E-state index in [9.17, 15) is 9.59 Å². The highest BCUT2D eigenvalue weighted by Crippen LogP contribution is 2.30. The van der Waals surface area contributed by atoms with Crippen molar-refractivity contribution in [3.8, 4) is 5.75 Å². The van der Waals surface area contributed by atoms with Crippen LogP contribution < -0.4 is 9.64 Å². The van der Waals surface area contributed by atoms with Gasteiger partial charge in [-0.2, -0.15) is 15.0 Å². The van der Waals surface area contributed by atoms with Crippen LogP contribution in [0.4, 0.5) is 5.69 Å². The smallest absolute Gasteiger partial charge is 0.228 e. The molecule has 0 N–H and O–H groups in total. The lowest BCUT2D eigenvalue weighted by atomic mass is 10.0. The van der Waals surface area contributed by atoms with Crippen LogP contribution in [0.15, 0.2) is 42.9 Å². The van der Waals surface area contributed by atoms with Crippen molar-refractivity contribution >= 4 is 17.5 Å². The summed E-state index contributed by atoms with van der Waals surface area (Å²) in [5, 5.41) is 16.5. The fourth-order valence-electron chi connectivity index (χ4n) is 3.98. The molecule has 0 radical (unpaired) electrons. The van der Waals surface area contributed by atoms with Gasteiger partial charge in [0.1, 0.15) is 18.0 Å². The molecule has 2 fully saturated rings. The Morgan fingerprint density at radius 1 is 1.13 bits per heavy atom. The van der Waals surface area contributed by atoms with Crippen molar-refractivity contribution in [2.45, 2.75) is 19.0 Å². The third-order valence-electron chi connectivity index (χ3n) is 5.73. The standard InChI is InChI=1S/C20H22N8O3/c1-31-18-4-2-16(3-5-18)26-9-14(8-19(26)29)20(30)25-12-17(13-25)27-10-15(23-24-27)11-28-21-6-7-22-28/h2-7,10,14,17H,8-9,11-13H2,1H3. The summed E-state index contributed by atoms with van der Waals surface area (Å²) in [6.07, 6.45) is 5.32. The van der Waals surface area contributed by atoms with Gasteiger partial charge in [0, 0.05) is 31.7 Å². The molecular weight excluding hydrogens is 400 g/mol. The third kappa shape index (κ3) is 3.74. The summed E-state index contributed by atoms with van der Waals surface area (Å²) in [6, 6.07) is 7.39. The lowest BCUT2D eigenvalue weighted by Crippen LogP contribution is -2.53. The predicted octanol–water partition coefficient (Wildman–Crippen LogP) is 0.363. The Labute approximate surface area is 178 Å². The van der Waals surface area contributed by atoms with Gasteiger partial charge in [-0.1, -0.05) is 5.21 Å². The second kappa shape index (κ2) is 7.82. The fourth-order valence-corrected chi connectivity index (χ4v) is 3.98. The van der Waals surface area contributed by atoms with E-state index in [1.54, 1.807) is 34.0 Å². The molecule has 31 heavy (non-hydrogen) atoms. The van der Waals surface area contributed by atoms with Crippen LogP contribution in [0.1, 0.15) is 18.2 Å². The molecule has 4 heterocycles. The van der Waals surface area contributed by atoms with Crippen LogP contribution in [0.2, 0.25) is 0 Å². The summed E-state index contributed by atoms with van der Waals surface area (Å²) >= 11 is 0. The van der Waals surface area contributed by atoms with Crippen molar-refractivity contribution in [3.05, 3.63) is 48.5 Å². The fraction of sp³-hybridized carbons (Fsp3) is 0.400. The van der Waals surface area contributed by atoms with Gasteiger partial charge in [-0.05, 0) is 24.3 Å². The van der Waals surface area contributed by atoms with Gasteiger partial charge in [-0.15, -0.1) is 5.10 Å². The quantitative estimate of drug-likeness (QED) is 0.564. The van der Waals surface area contributed by atoms with Crippen LogP contribution in [-0.4, -0.2) is 73.4 Å². The van der Waals surface area contributed by atoms with Crippen LogP contribution in [-0.2, 0) is 16.1 Å². The minimum atomic E-state index is -0.326. The lowest BCUT2D eigenvalue weighted by Gasteiger charge is -2.40. The van der Waals surface area contributed by atoms with Crippen molar-refractivity contribution < 1.29 is 14.3 Å². The van der Waals surface area contributed by atoms with E-state index in [2.05, 4.69) is 20.5 Å². The molecule has 1 aromatic carbocycles. The van der Waals surface area contributed by atoms with Crippen molar-refractivity contribution in [1.29, 1.82) is 0 Å². The molecule has 2 saturated heterocycles.